The van der Waals surface area contributed by atoms with Crippen LogP contribution >= 0.6 is 23.4 Å². The molecule has 0 aliphatic rings. The lowest BCUT2D eigenvalue weighted by Gasteiger charge is -2.09. The number of hydrogen-bond acceptors (Lipinski definition) is 5. The molecule has 0 saturated carbocycles. The molecule has 3 heterocycles. The molecule has 136 valence electrons. The molecule has 0 amide bonds. The molecule has 4 aromatic rings. The second-order valence-electron chi connectivity index (χ2n) is 6.05. The Labute approximate surface area is 164 Å². The largest absolute Gasteiger partial charge is 0.302 e. The first-order chi connectivity index (χ1) is 13.1. The first kappa shape index (κ1) is 17.8. The van der Waals surface area contributed by atoms with Gasteiger partial charge in [0, 0.05) is 18.0 Å². The minimum absolute atomic E-state index is 0.153. The monoisotopic (exact) mass is 397 g/mol. The summed E-state index contributed by atoms with van der Waals surface area (Å²) in [6.07, 6.45) is 1.57. The molecule has 0 aliphatic carbocycles. The van der Waals surface area contributed by atoms with Crippen LogP contribution in [-0.2, 0) is 12.3 Å². The highest BCUT2D eigenvalue weighted by Gasteiger charge is 2.11. The van der Waals surface area contributed by atoms with Crippen molar-refractivity contribution in [3.8, 4) is 0 Å². The maximum absolute atomic E-state index is 12.3. The highest BCUT2D eigenvalue weighted by molar-refractivity contribution is 7.98. The van der Waals surface area contributed by atoms with E-state index in [4.69, 9.17) is 11.6 Å². The Morgan fingerprint density at radius 1 is 1.11 bits per heavy atom. The van der Waals surface area contributed by atoms with E-state index in [9.17, 15) is 4.79 Å². The normalized spacial score (nSPS) is 11.2. The van der Waals surface area contributed by atoms with E-state index >= 15 is 0 Å². The minimum Gasteiger partial charge on any atom is -0.302 e. The van der Waals surface area contributed by atoms with Crippen molar-refractivity contribution in [3.63, 3.8) is 0 Å². The Hall–Kier alpha value is -2.64. The van der Waals surface area contributed by atoms with Crippen molar-refractivity contribution in [2.75, 3.05) is 0 Å². The van der Waals surface area contributed by atoms with Crippen molar-refractivity contribution in [1.29, 1.82) is 0 Å². The van der Waals surface area contributed by atoms with Gasteiger partial charge in [-0.05, 0) is 24.6 Å². The topological polar surface area (TPSA) is 65.1 Å². The Morgan fingerprint density at radius 3 is 2.74 bits per heavy atom. The van der Waals surface area contributed by atoms with Gasteiger partial charge >= 0.3 is 0 Å². The van der Waals surface area contributed by atoms with Crippen LogP contribution in [0.25, 0.3) is 5.65 Å². The summed E-state index contributed by atoms with van der Waals surface area (Å²) in [5.74, 6) is 1.38. The molecule has 1 aromatic carbocycles. The van der Waals surface area contributed by atoms with Crippen LogP contribution in [0.5, 0.6) is 0 Å². The number of benzene rings is 1. The van der Waals surface area contributed by atoms with Crippen LogP contribution in [0, 0.1) is 6.92 Å². The molecule has 6 nitrogen and oxygen atoms in total. The zero-order valence-electron chi connectivity index (χ0n) is 14.5. The molecule has 0 radical (unpaired) electrons. The van der Waals surface area contributed by atoms with Crippen molar-refractivity contribution >= 4 is 29.0 Å². The van der Waals surface area contributed by atoms with Gasteiger partial charge in [-0.1, -0.05) is 53.7 Å². The standard InChI is InChI=1S/C19H16ClN5OS/c1-13-22-23-19(24(13)10-14-5-3-2-4-6-14)27-12-16-9-18(26)25-11-15(20)7-8-17(25)21-16/h2-9,11H,10,12H2,1H3. The third-order valence-electron chi connectivity index (χ3n) is 4.11. The first-order valence-electron chi connectivity index (χ1n) is 8.34. The molecule has 0 aliphatic heterocycles. The zero-order chi connectivity index (χ0) is 18.8. The molecule has 0 unspecified atom stereocenters. The van der Waals surface area contributed by atoms with Crippen molar-refractivity contribution < 1.29 is 0 Å². The maximum atomic E-state index is 12.3. The van der Waals surface area contributed by atoms with Gasteiger partial charge in [0.05, 0.1) is 17.3 Å². The van der Waals surface area contributed by atoms with Gasteiger partial charge < -0.3 is 4.57 Å². The summed E-state index contributed by atoms with van der Waals surface area (Å²) in [4.78, 5) is 16.8. The number of halogens is 1. The summed E-state index contributed by atoms with van der Waals surface area (Å²) in [5, 5.41) is 9.76. The zero-order valence-corrected chi connectivity index (χ0v) is 16.1. The molecule has 27 heavy (non-hydrogen) atoms. The van der Waals surface area contributed by atoms with Crippen LogP contribution in [0.15, 0.2) is 64.7 Å². The fourth-order valence-corrected chi connectivity index (χ4v) is 3.79. The lowest BCUT2D eigenvalue weighted by Crippen LogP contribution is -2.15. The molecular weight excluding hydrogens is 382 g/mol. The SMILES string of the molecule is Cc1nnc(SCc2cc(=O)n3cc(Cl)ccc3n2)n1Cc1ccccc1. The molecule has 0 N–H and O–H groups in total. The Balaban J connectivity index is 1.57. The van der Waals surface area contributed by atoms with E-state index < -0.39 is 0 Å². The van der Waals surface area contributed by atoms with E-state index in [1.54, 1.807) is 18.3 Å². The van der Waals surface area contributed by atoms with Crippen LogP contribution in [0.4, 0.5) is 0 Å². The predicted octanol–water partition coefficient (Wildman–Crippen LogP) is 3.59. The molecule has 8 heteroatoms. The van der Waals surface area contributed by atoms with E-state index in [2.05, 4.69) is 31.9 Å². The van der Waals surface area contributed by atoms with Crippen LogP contribution in [0.3, 0.4) is 0 Å². The molecule has 0 atom stereocenters. The molecular formula is C19H16ClN5OS. The Kier molecular flexibility index (Phi) is 4.96. The van der Waals surface area contributed by atoms with E-state index in [-0.39, 0.29) is 5.56 Å². The fourth-order valence-electron chi connectivity index (χ4n) is 2.75. The summed E-state index contributed by atoms with van der Waals surface area (Å²) in [7, 11) is 0. The third-order valence-corrected chi connectivity index (χ3v) is 5.33. The number of nitrogens with zero attached hydrogens (tertiary/aromatic N) is 5. The van der Waals surface area contributed by atoms with Gasteiger partial charge in [0.15, 0.2) is 5.16 Å². The minimum atomic E-state index is -0.153. The fraction of sp³-hybridized carbons (Fsp3) is 0.158. The smallest absolute Gasteiger partial charge is 0.258 e. The van der Waals surface area contributed by atoms with Crippen molar-refractivity contribution in [3.05, 3.63) is 87.2 Å². The molecule has 0 spiro atoms. The summed E-state index contributed by atoms with van der Waals surface area (Å²) in [5.41, 5.74) is 2.30. The summed E-state index contributed by atoms with van der Waals surface area (Å²) >= 11 is 7.46. The van der Waals surface area contributed by atoms with E-state index in [0.717, 1.165) is 11.0 Å². The second kappa shape index (κ2) is 7.54. The van der Waals surface area contributed by atoms with Gasteiger partial charge in [0.25, 0.3) is 5.56 Å². The third kappa shape index (κ3) is 3.89. The molecule has 0 saturated heterocycles. The number of aryl methyl sites for hydroxylation is 1. The lowest BCUT2D eigenvalue weighted by molar-refractivity contribution is 0.688. The van der Waals surface area contributed by atoms with Crippen LogP contribution < -0.4 is 5.56 Å². The highest BCUT2D eigenvalue weighted by atomic mass is 35.5. The first-order valence-corrected chi connectivity index (χ1v) is 9.71. The predicted molar refractivity (Wildman–Crippen MR) is 106 cm³/mol. The van der Waals surface area contributed by atoms with E-state index in [1.807, 2.05) is 25.1 Å². The second-order valence-corrected chi connectivity index (χ2v) is 7.43. The maximum Gasteiger partial charge on any atom is 0.258 e. The summed E-state index contributed by atoms with van der Waals surface area (Å²) in [6, 6.07) is 15.2. The Morgan fingerprint density at radius 2 is 1.93 bits per heavy atom. The summed E-state index contributed by atoms with van der Waals surface area (Å²) in [6.45, 7) is 2.64. The number of aromatic nitrogens is 5. The van der Waals surface area contributed by atoms with Gasteiger partial charge in [-0.2, -0.15) is 0 Å². The van der Waals surface area contributed by atoms with Crippen LogP contribution in [0.2, 0.25) is 5.02 Å². The average molecular weight is 398 g/mol. The number of rotatable bonds is 5. The van der Waals surface area contributed by atoms with Crippen molar-refractivity contribution in [2.24, 2.45) is 0 Å². The molecule has 0 bridgehead atoms. The quantitative estimate of drug-likeness (QED) is 0.481. The van der Waals surface area contributed by atoms with Gasteiger partial charge in [0.2, 0.25) is 0 Å². The average Bonchev–Trinajstić information content (AvgIpc) is 3.01. The van der Waals surface area contributed by atoms with Crippen LogP contribution in [-0.4, -0.2) is 24.1 Å². The van der Waals surface area contributed by atoms with Crippen LogP contribution in [0.1, 0.15) is 17.1 Å². The number of hydrogen-bond donors (Lipinski definition) is 0. The van der Waals surface area contributed by atoms with Crippen molar-refractivity contribution in [1.82, 2.24) is 24.1 Å². The summed E-state index contributed by atoms with van der Waals surface area (Å²) < 4.78 is 3.51. The number of pyridine rings is 1. The van der Waals surface area contributed by atoms with Gasteiger partial charge in [-0.3, -0.25) is 9.20 Å². The van der Waals surface area contributed by atoms with Gasteiger partial charge in [-0.15, -0.1) is 10.2 Å². The van der Waals surface area contributed by atoms with Gasteiger partial charge in [0.1, 0.15) is 11.5 Å². The molecule has 0 fully saturated rings. The molecule has 4 rings (SSSR count). The molecule has 3 aromatic heterocycles. The number of fused-ring (bicyclic) bond motifs is 1. The van der Waals surface area contributed by atoms with E-state index in [0.29, 0.717) is 28.7 Å². The Bertz CT molecular complexity index is 1160. The lowest BCUT2D eigenvalue weighted by atomic mass is 10.2. The van der Waals surface area contributed by atoms with Gasteiger partial charge in [-0.25, -0.2) is 4.98 Å². The number of thioether (sulfide) groups is 1. The van der Waals surface area contributed by atoms with E-state index in [1.165, 1.54) is 27.8 Å². The highest BCUT2D eigenvalue weighted by Crippen LogP contribution is 2.22. The van der Waals surface area contributed by atoms with Crippen molar-refractivity contribution in [2.45, 2.75) is 24.4 Å².